The molecule has 30 heavy (non-hydrogen) atoms. The van der Waals surface area contributed by atoms with Gasteiger partial charge < -0.3 is 25.6 Å². The van der Waals surface area contributed by atoms with Gasteiger partial charge in [-0.25, -0.2) is 0 Å². The molecule has 1 amide bonds. The van der Waals surface area contributed by atoms with Crippen LogP contribution in [-0.4, -0.2) is 81.3 Å². The summed E-state index contributed by atoms with van der Waals surface area (Å²) in [5, 5.41) is 3.43. The number of rotatable bonds is 6. The van der Waals surface area contributed by atoms with E-state index in [0.29, 0.717) is 37.6 Å². The number of nitrogen functional groups attached to an aromatic ring is 1. The van der Waals surface area contributed by atoms with Gasteiger partial charge in [0, 0.05) is 58.0 Å². The first-order valence-electron chi connectivity index (χ1n) is 10.7. The van der Waals surface area contributed by atoms with E-state index in [2.05, 4.69) is 45.4 Å². The van der Waals surface area contributed by atoms with Gasteiger partial charge in [0.25, 0.3) is 5.91 Å². The Hall–Kier alpha value is -2.77. The normalized spacial score (nSPS) is 17.7. The van der Waals surface area contributed by atoms with Crippen LogP contribution in [0.3, 0.4) is 0 Å². The number of para-hydroxylation sites is 2. The van der Waals surface area contributed by atoms with Crippen LogP contribution in [0.5, 0.6) is 0 Å². The van der Waals surface area contributed by atoms with Crippen molar-refractivity contribution in [2.24, 2.45) is 0 Å². The fourth-order valence-corrected chi connectivity index (χ4v) is 4.09. The molecule has 2 saturated heterocycles. The summed E-state index contributed by atoms with van der Waals surface area (Å²) < 4.78 is 5.36. The molecule has 3 N–H and O–H groups in total. The van der Waals surface area contributed by atoms with E-state index in [1.807, 2.05) is 23.1 Å². The molecule has 160 valence electrons. The van der Waals surface area contributed by atoms with Crippen LogP contribution in [0.15, 0.2) is 48.5 Å². The second-order valence-electron chi connectivity index (χ2n) is 7.77. The van der Waals surface area contributed by atoms with E-state index >= 15 is 0 Å². The highest BCUT2D eigenvalue weighted by molar-refractivity contribution is 6.02. The molecule has 0 aliphatic carbocycles. The van der Waals surface area contributed by atoms with E-state index in [1.54, 1.807) is 0 Å². The maximum atomic E-state index is 13.0. The molecule has 0 spiro atoms. The van der Waals surface area contributed by atoms with Gasteiger partial charge >= 0.3 is 0 Å². The molecule has 0 atom stereocenters. The lowest BCUT2D eigenvalue weighted by molar-refractivity contribution is 0.0303. The van der Waals surface area contributed by atoms with Crippen LogP contribution in [0.25, 0.3) is 0 Å². The lowest BCUT2D eigenvalue weighted by atomic mass is 10.1. The minimum atomic E-state index is 0.0181. The van der Waals surface area contributed by atoms with E-state index < -0.39 is 0 Å². The third-order valence-electron chi connectivity index (χ3n) is 5.85. The first kappa shape index (κ1) is 20.5. The van der Waals surface area contributed by atoms with Crippen LogP contribution in [0, 0.1) is 0 Å². The van der Waals surface area contributed by atoms with Crippen molar-refractivity contribution >= 4 is 23.0 Å². The fraction of sp³-hybridized carbons (Fsp3) is 0.435. The molecular weight excluding hydrogens is 378 g/mol. The Morgan fingerprint density at radius 1 is 0.933 bits per heavy atom. The highest BCUT2D eigenvalue weighted by Gasteiger charge is 2.22. The third-order valence-corrected chi connectivity index (χ3v) is 5.85. The molecule has 0 bridgehead atoms. The maximum Gasteiger partial charge on any atom is 0.256 e. The summed E-state index contributed by atoms with van der Waals surface area (Å²) in [6.07, 6.45) is 0. The number of nitrogens with zero attached hydrogens (tertiary/aromatic N) is 3. The average Bonchev–Trinajstić information content (AvgIpc) is 2.81. The van der Waals surface area contributed by atoms with Gasteiger partial charge in [0.05, 0.1) is 30.2 Å². The zero-order chi connectivity index (χ0) is 20.8. The van der Waals surface area contributed by atoms with Gasteiger partial charge in [0.1, 0.15) is 0 Å². The standard InChI is InChI=1S/C23H31N5O2/c24-21-8-4-7-20(23(29)28-15-17-30-18-16-28)22(21)25-9-10-26-11-13-27(14-12-26)19-5-2-1-3-6-19/h1-8,25H,9-18,24H2. The SMILES string of the molecule is Nc1cccc(C(=O)N2CCOCC2)c1NCCN1CCN(c2ccccc2)CC1. The number of anilines is 3. The molecule has 2 aromatic carbocycles. The van der Waals surface area contributed by atoms with Crippen LogP contribution in [0.2, 0.25) is 0 Å². The van der Waals surface area contributed by atoms with Gasteiger partial charge in [0.2, 0.25) is 0 Å². The Morgan fingerprint density at radius 2 is 1.67 bits per heavy atom. The van der Waals surface area contributed by atoms with Crippen LogP contribution in [-0.2, 0) is 4.74 Å². The predicted octanol–water partition coefficient (Wildman–Crippen LogP) is 1.98. The molecule has 2 aliphatic heterocycles. The maximum absolute atomic E-state index is 13.0. The molecule has 2 heterocycles. The van der Waals surface area contributed by atoms with E-state index in [9.17, 15) is 4.79 Å². The smallest absolute Gasteiger partial charge is 0.256 e. The summed E-state index contributed by atoms with van der Waals surface area (Å²) in [6.45, 7) is 8.21. The molecule has 2 fully saturated rings. The number of hydrogen-bond acceptors (Lipinski definition) is 6. The fourth-order valence-electron chi connectivity index (χ4n) is 4.09. The summed E-state index contributed by atoms with van der Waals surface area (Å²) >= 11 is 0. The van der Waals surface area contributed by atoms with Crippen molar-refractivity contribution in [2.45, 2.75) is 0 Å². The summed E-state index contributed by atoms with van der Waals surface area (Å²) in [7, 11) is 0. The largest absolute Gasteiger partial charge is 0.397 e. The Bertz CT molecular complexity index is 831. The molecule has 2 aliphatic rings. The summed E-state index contributed by atoms with van der Waals surface area (Å²) in [6, 6.07) is 16.1. The molecule has 2 aromatic rings. The second kappa shape index (κ2) is 9.82. The van der Waals surface area contributed by atoms with E-state index in [-0.39, 0.29) is 5.91 Å². The lowest BCUT2D eigenvalue weighted by Crippen LogP contribution is -2.47. The Morgan fingerprint density at radius 3 is 2.40 bits per heavy atom. The summed E-state index contributed by atoms with van der Waals surface area (Å²) in [4.78, 5) is 19.7. The number of piperazine rings is 1. The quantitative estimate of drug-likeness (QED) is 0.711. The number of ether oxygens (including phenoxy) is 1. The molecule has 0 saturated carbocycles. The van der Waals surface area contributed by atoms with E-state index in [1.165, 1.54) is 5.69 Å². The van der Waals surface area contributed by atoms with Crippen molar-refractivity contribution in [3.05, 3.63) is 54.1 Å². The average molecular weight is 410 g/mol. The molecule has 0 unspecified atom stereocenters. The molecule has 4 rings (SSSR count). The van der Waals surface area contributed by atoms with E-state index in [4.69, 9.17) is 10.5 Å². The number of carbonyl (C=O) groups excluding carboxylic acids is 1. The Labute approximate surface area is 178 Å². The number of morpholine rings is 1. The van der Waals surface area contributed by atoms with Gasteiger partial charge in [0.15, 0.2) is 0 Å². The van der Waals surface area contributed by atoms with Crippen molar-refractivity contribution in [2.75, 3.05) is 81.5 Å². The van der Waals surface area contributed by atoms with Crippen molar-refractivity contribution in [1.29, 1.82) is 0 Å². The van der Waals surface area contributed by atoms with Crippen molar-refractivity contribution in [3.63, 3.8) is 0 Å². The van der Waals surface area contributed by atoms with Crippen LogP contribution in [0.1, 0.15) is 10.4 Å². The predicted molar refractivity (Wildman–Crippen MR) is 121 cm³/mol. The highest BCUT2D eigenvalue weighted by Crippen LogP contribution is 2.25. The first-order chi connectivity index (χ1) is 14.7. The van der Waals surface area contributed by atoms with Gasteiger partial charge in [-0.3, -0.25) is 9.69 Å². The third kappa shape index (κ3) is 4.86. The van der Waals surface area contributed by atoms with Crippen LogP contribution < -0.4 is 16.0 Å². The summed E-state index contributed by atoms with van der Waals surface area (Å²) in [5.41, 5.74) is 9.51. The van der Waals surface area contributed by atoms with Crippen molar-refractivity contribution < 1.29 is 9.53 Å². The minimum absolute atomic E-state index is 0.0181. The zero-order valence-electron chi connectivity index (χ0n) is 17.4. The van der Waals surface area contributed by atoms with Crippen LogP contribution in [0.4, 0.5) is 17.1 Å². The zero-order valence-corrected chi connectivity index (χ0v) is 17.4. The number of hydrogen-bond donors (Lipinski definition) is 2. The molecular formula is C23H31N5O2. The molecule has 7 heteroatoms. The van der Waals surface area contributed by atoms with Crippen molar-refractivity contribution in [3.8, 4) is 0 Å². The van der Waals surface area contributed by atoms with Crippen LogP contribution >= 0.6 is 0 Å². The Kier molecular flexibility index (Phi) is 6.71. The number of carbonyl (C=O) groups is 1. The number of nitrogens with one attached hydrogen (secondary N) is 1. The number of nitrogens with two attached hydrogens (primary N) is 1. The lowest BCUT2D eigenvalue weighted by Gasteiger charge is -2.36. The molecule has 7 nitrogen and oxygen atoms in total. The molecule has 0 radical (unpaired) electrons. The van der Waals surface area contributed by atoms with Crippen molar-refractivity contribution in [1.82, 2.24) is 9.80 Å². The van der Waals surface area contributed by atoms with E-state index in [0.717, 1.165) is 45.0 Å². The van der Waals surface area contributed by atoms with Gasteiger partial charge in [-0.15, -0.1) is 0 Å². The second-order valence-corrected chi connectivity index (χ2v) is 7.77. The van der Waals surface area contributed by atoms with Gasteiger partial charge in [-0.1, -0.05) is 24.3 Å². The van der Waals surface area contributed by atoms with Gasteiger partial charge in [-0.05, 0) is 24.3 Å². The molecule has 0 aromatic heterocycles. The van der Waals surface area contributed by atoms with Gasteiger partial charge in [-0.2, -0.15) is 0 Å². The number of benzene rings is 2. The monoisotopic (exact) mass is 409 g/mol. The Balaban J connectivity index is 1.31. The number of amides is 1. The summed E-state index contributed by atoms with van der Waals surface area (Å²) in [5.74, 6) is 0.0181. The highest BCUT2D eigenvalue weighted by atomic mass is 16.5. The topological polar surface area (TPSA) is 74.1 Å². The minimum Gasteiger partial charge on any atom is -0.397 e. The first-order valence-corrected chi connectivity index (χ1v) is 10.7.